The van der Waals surface area contributed by atoms with Crippen LogP contribution in [0.5, 0.6) is 0 Å². The molecular weight excluding hydrogens is 514 g/mol. The Kier molecular flexibility index (Phi) is 4.78. The van der Waals surface area contributed by atoms with E-state index in [-0.39, 0.29) is 0 Å². The van der Waals surface area contributed by atoms with Gasteiger partial charge in [-0.1, -0.05) is 24.3 Å². The van der Waals surface area contributed by atoms with Gasteiger partial charge < -0.3 is 27.5 Å². The quantitative estimate of drug-likeness (QED) is 0.199. The molecule has 40 heavy (non-hydrogen) atoms. The molecule has 194 valence electrons. The predicted octanol–water partition coefficient (Wildman–Crippen LogP) is 10.2. The van der Waals surface area contributed by atoms with Gasteiger partial charge in [-0.2, -0.15) is 0 Å². The minimum atomic E-state index is -0.429. The van der Waals surface area contributed by atoms with Gasteiger partial charge in [0.1, 0.15) is 36.7 Å². The molecule has 0 saturated heterocycles. The van der Waals surface area contributed by atoms with Gasteiger partial charge in [0.15, 0.2) is 0 Å². The fourth-order valence-electron chi connectivity index (χ4n) is 5.63. The maximum atomic E-state index is 15.9. The Morgan fingerprint density at radius 1 is 0.425 bits per heavy atom. The standard InChI is InChI=1S/C32H18F2N2O4/c33-27-13-30(36(21-7-11-39-17-21)22-8-12-40-18-22)26-4-2-24-28(34)14-29(25-3-1-23(27)31(26)32(24)25)35(19-5-9-37-15-19)20-6-10-38-16-20/h1-18H. The number of furan rings is 4. The van der Waals surface area contributed by atoms with Crippen molar-refractivity contribution in [3.8, 4) is 0 Å². The molecule has 4 aromatic carbocycles. The fourth-order valence-corrected chi connectivity index (χ4v) is 5.63. The summed E-state index contributed by atoms with van der Waals surface area (Å²) in [6, 6.07) is 17.3. The molecule has 8 heteroatoms. The average Bonchev–Trinajstić information content (AvgIpc) is 3.80. The number of rotatable bonds is 6. The number of hydrogen-bond acceptors (Lipinski definition) is 6. The van der Waals surface area contributed by atoms with Crippen molar-refractivity contribution in [2.45, 2.75) is 0 Å². The van der Waals surface area contributed by atoms with Crippen molar-refractivity contribution in [3.05, 3.63) is 122 Å². The molecule has 6 nitrogen and oxygen atoms in total. The van der Waals surface area contributed by atoms with E-state index < -0.39 is 11.6 Å². The Bertz CT molecular complexity index is 1860. The van der Waals surface area contributed by atoms with E-state index in [0.717, 1.165) is 10.8 Å². The van der Waals surface area contributed by atoms with Crippen LogP contribution in [0.2, 0.25) is 0 Å². The summed E-state index contributed by atoms with van der Waals surface area (Å²) in [5.74, 6) is -0.859. The third kappa shape index (κ3) is 3.19. The van der Waals surface area contributed by atoms with Crippen LogP contribution in [0.4, 0.5) is 42.9 Å². The van der Waals surface area contributed by atoms with Crippen molar-refractivity contribution in [1.82, 2.24) is 0 Å². The molecule has 4 aromatic heterocycles. The lowest BCUT2D eigenvalue weighted by molar-refractivity contribution is 0.565. The van der Waals surface area contributed by atoms with Gasteiger partial charge >= 0.3 is 0 Å². The molecular formula is C32H18F2N2O4. The zero-order valence-corrected chi connectivity index (χ0v) is 20.7. The molecule has 8 rings (SSSR count). The number of halogens is 2. The minimum absolute atomic E-state index is 0.394. The SMILES string of the molecule is Fc1cc(N(c2ccoc2)c2ccoc2)c2ccc3c(F)cc(N(c4ccoc4)c4ccoc4)c4ccc1c2c34. The largest absolute Gasteiger partial charge is 0.470 e. The number of hydrogen-bond donors (Lipinski definition) is 0. The van der Waals surface area contributed by atoms with Crippen molar-refractivity contribution in [3.63, 3.8) is 0 Å². The molecule has 4 heterocycles. The number of benzene rings is 4. The first kappa shape index (κ1) is 22.5. The molecule has 0 aliphatic rings. The highest BCUT2D eigenvalue weighted by molar-refractivity contribution is 6.28. The summed E-state index contributed by atoms with van der Waals surface area (Å²) in [6.45, 7) is 0. The van der Waals surface area contributed by atoms with Crippen LogP contribution in [-0.2, 0) is 0 Å². The second kappa shape index (κ2) is 8.51. The first-order valence-corrected chi connectivity index (χ1v) is 12.5. The van der Waals surface area contributed by atoms with Gasteiger partial charge in [-0.3, -0.25) is 0 Å². The summed E-state index contributed by atoms with van der Waals surface area (Å²) < 4.78 is 53.3. The van der Waals surface area contributed by atoms with Crippen molar-refractivity contribution < 1.29 is 26.4 Å². The second-order valence-electron chi connectivity index (χ2n) is 9.42. The van der Waals surface area contributed by atoms with E-state index in [9.17, 15) is 0 Å². The van der Waals surface area contributed by atoms with Gasteiger partial charge in [-0.15, -0.1) is 0 Å². The normalized spacial score (nSPS) is 11.8. The Morgan fingerprint density at radius 2 is 0.750 bits per heavy atom. The third-order valence-corrected chi connectivity index (χ3v) is 7.29. The lowest BCUT2D eigenvalue weighted by atomic mass is 9.91. The maximum absolute atomic E-state index is 15.9. The van der Waals surface area contributed by atoms with Crippen molar-refractivity contribution >= 4 is 66.4 Å². The highest BCUT2D eigenvalue weighted by atomic mass is 19.1. The fraction of sp³-hybridized carbons (Fsp3) is 0. The molecule has 0 amide bonds. The molecule has 0 unspecified atom stereocenters. The van der Waals surface area contributed by atoms with Gasteiger partial charge in [0, 0.05) is 56.6 Å². The lowest BCUT2D eigenvalue weighted by Gasteiger charge is -2.27. The van der Waals surface area contributed by atoms with Gasteiger partial charge in [-0.25, -0.2) is 8.78 Å². The Morgan fingerprint density at radius 3 is 1.05 bits per heavy atom. The molecule has 0 atom stereocenters. The summed E-state index contributed by atoms with van der Waals surface area (Å²) >= 11 is 0. The molecule has 0 aliphatic heterocycles. The molecule has 0 saturated carbocycles. The third-order valence-electron chi connectivity index (χ3n) is 7.29. The Hall–Kier alpha value is -5.50. The highest BCUT2D eigenvalue weighted by Crippen LogP contribution is 2.48. The van der Waals surface area contributed by atoms with Crippen molar-refractivity contribution in [1.29, 1.82) is 0 Å². The topological polar surface area (TPSA) is 59.0 Å². The Labute approximate surface area is 225 Å². The Balaban J connectivity index is 1.48. The van der Waals surface area contributed by atoms with Gasteiger partial charge in [0.05, 0.1) is 59.2 Å². The summed E-state index contributed by atoms with van der Waals surface area (Å²) in [6.07, 6.45) is 12.5. The molecule has 0 fully saturated rings. The predicted molar refractivity (Wildman–Crippen MR) is 148 cm³/mol. The molecule has 0 bridgehead atoms. The number of nitrogens with zero attached hydrogens (tertiary/aromatic N) is 2. The molecule has 0 aliphatic carbocycles. The second-order valence-corrected chi connectivity index (χ2v) is 9.42. The number of anilines is 6. The zero-order valence-electron chi connectivity index (χ0n) is 20.7. The van der Waals surface area contributed by atoms with E-state index in [4.69, 9.17) is 17.7 Å². The van der Waals surface area contributed by atoms with Crippen molar-refractivity contribution in [2.24, 2.45) is 0 Å². The van der Waals surface area contributed by atoms with Crippen LogP contribution < -0.4 is 9.80 Å². The molecule has 0 N–H and O–H groups in total. The van der Waals surface area contributed by atoms with Crippen LogP contribution in [0, 0.1) is 11.6 Å². The molecule has 0 spiro atoms. The summed E-state index contributed by atoms with van der Waals surface area (Å²) in [5.41, 5.74) is 3.88. The van der Waals surface area contributed by atoms with Crippen LogP contribution >= 0.6 is 0 Å². The van der Waals surface area contributed by atoms with E-state index in [0.29, 0.717) is 55.7 Å². The van der Waals surface area contributed by atoms with E-state index >= 15 is 8.78 Å². The van der Waals surface area contributed by atoms with Crippen molar-refractivity contribution in [2.75, 3.05) is 9.80 Å². The highest BCUT2D eigenvalue weighted by Gasteiger charge is 2.25. The smallest absolute Gasteiger partial charge is 0.133 e. The monoisotopic (exact) mass is 532 g/mol. The molecule has 8 aromatic rings. The van der Waals surface area contributed by atoms with E-state index in [1.54, 1.807) is 86.5 Å². The van der Waals surface area contributed by atoms with E-state index in [2.05, 4.69) is 0 Å². The van der Waals surface area contributed by atoms with Crippen LogP contribution in [0.15, 0.2) is 128 Å². The van der Waals surface area contributed by atoms with Gasteiger partial charge in [0.2, 0.25) is 0 Å². The first-order valence-electron chi connectivity index (χ1n) is 12.5. The van der Waals surface area contributed by atoms with Crippen LogP contribution in [-0.4, -0.2) is 0 Å². The average molecular weight is 533 g/mol. The summed E-state index contributed by atoms with van der Waals surface area (Å²) in [5, 5.41) is 3.50. The molecule has 0 radical (unpaired) electrons. The van der Waals surface area contributed by atoms with Gasteiger partial charge in [-0.05, 0) is 12.1 Å². The van der Waals surface area contributed by atoms with Crippen LogP contribution in [0.25, 0.3) is 32.3 Å². The van der Waals surface area contributed by atoms with Crippen LogP contribution in [0.3, 0.4) is 0 Å². The first-order chi connectivity index (χ1) is 19.7. The van der Waals surface area contributed by atoms with Crippen LogP contribution in [0.1, 0.15) is 0 Å². The zero-order chi connectivity index (χ0) is 26.8. The summed E-state index contributed by atoms with van der Waals surface area (Å²) in [7, 11) is 0. The summed E-state index contributed by atoms with van der Waals surface area (Å²) in [4.78, 5) is 3.70. The van der Waals surface area contributed by atoms with E-state index in [1.807, 2.05) is 21.9 Å². The maximum Gasteiger partial charge on any atom is 0.133 e. The lowest BCUT2D eigenvalue weighted by Crippen LogP contribution is -2.11. The minimum Gasteiger partial charge on any atom is -0.470 e. The van der Waals surface area contributed by atoms with E-state index in [1.165, 1.54) is 12.1 Å². The van der Waals surface area contributed by atoms with Gasteiger partial charge in [0.25, 0.3) is 0 Å².